The van der Waals surface area contributed by atoms with Gasteiger partial charge in [0.1, 0.15) is 5.82 Å². The van der Waals surface area contributed by atoms with E-state index in [2.05, 4.69) is 15.0 Å². The molecule has 6 heteroatoms. The number of hydrogen-bond donors (Lipinski definition) is 2. The molecule has 0 saturated carbocycles. The molecule has 0 aromatic carbocycles. The van der Waals surface area contributed by atoms with Crippen molar-refractivity contribution >= 4 is 17.7 Å². The van der Waals surface area contributed by atoms with Crippen molar-refractivity contribution < 1.29 is 14.3 Å². The summed E-state index contributed by atoms with van der Waals surface area (Å²) in [6, 6.07) is 2.20. The highest BCUT2D eigenvalue weighted by Gasteiger charge is 2.23. The Bertz CT molecular complexity index is 420. The van der Waals surface area contributed by atoms with Gasteiger partial charge in [0.15, 0.2) is 6.04 Å². The van der Waals surface area contributed by atoms with Crippen LogP contribution in [0.2, 0.25) is 0 Å². The Hall–Kier alpha value is -1.95. The lowest BCUT2D eigenvalue weighted by Gasteiger charge is -2.11. The summed E-state index contributed by atoms with van der Waals surface area (Å²) >= 11 is 0. The Morgan fingerprint density at radius 1 is 1.59 bits per heavy atom. The second kappa shape index (κ2) is 5.95. The first-order chi connectivity index (χ1) is 8.06. The second-order valence-corrected chi connectivity index (χ2v) is 3.39. The van der Waals surface area contributed by atoms with Crippen LogP contribution in [0, 0.1) is 6.92 Å². The highest BCUT2D eigenvalue weighted by Crippen LogP contribution is 2.09. The summed E-state index contributed by atoms with van der Waals surface area (Å²) in [5, 5.41) is 2.47. The summed E-state index contributed by atoms with van der Waals surface area (Å²) in [6.45, 7) is 3.62. The van der Waals surface area contributed by atoms with Crippen molar-refractivity contribution in [3.8, 4) is 0 Å². The Balaban J connectivity index is 2.67. The number of nitrogens with zero attached hydrogens (tertiary/aromatic N) is 1. The molecule has 0 aliphatic rings. The van der Waals surface area contributed by atoms with Crippen molar-refractivity contribution in [1.82, 2.24) is 4.98 Å². The van der Waals surface area contributed by atoms with Gasteiger partial charge in [-0.3, -0.25) is 4.79 Å². The van der Waals surface area contributed by atoms with Crippen molar-refractivity contribution in [3.05, 3.63) is 23.9 Å². The van der Waals surface area contributed by atoms with Crippen LogP contribution in [0.3, 0.4) is 0 Å². The van der Waals surface area contributed by atoms with Crippen molar-refractivity contribution in [2.45, 2.75) is 19.9 Å². The molecular formula is C11H15N3O3. The molecule has 0 radical (unpaired) electrons. The number of nitrogens with one attached hydrogen (secondary N) is 1. The van der Waals surface area contributed by atoms with Gasteiger partial charge in [-0.15, -0.1) is 0 Å². The maximum atomic E-state index is 11.6. The highest BCUT2D eigenvalue weighted by molar-refractivity contribution is 6.07. The number of rotatable bonds is 4. The number of amides is 1. The molecule has 3 N–H and O–H groups in total. The molecule has 1 aromatic rings. The van der Waals surface area contributed by atoms with Gasteiger partial charge in [-0.1, -0.05) is 6.07 Å². The minimum atomic E-state index is -1.34. The van der Waals surface area contributed by atoms with E-state index in [4.69, 9.17) is 5.73 Å². The summed E-state index contributed by atoms with van der Waals surface area (Å²) < 4.78 is 4.65. The zero-order chi connectivity index (χ0) is 12.8. The summed E-state index contributed by atoms with van der Waals surface area (Å²) in [6.07, 6.45) is 1.54. The fourth-order valence-corrected chi connectivity index (χ4v) is 1.15. The first-order valence-corrected chi connectivity index (χ1v) is 5.21. The number of carbonyl (C=O) groups excluding carboxylic acids is 2. The van der Waals surface area contributed by atoms with Crippen LogP contribution in [0.4, 0.5) is 5.82 Å². The van der Waals surface area contributed by atoms with E-state index in [0.29, 0.717) is 5.82 Å². The smallest absolute Gasteiger partial charge is 0.332 e. The number of aromatic nitrogens is 1. The van der Waals surface area contributed by atoms with Gasteiger partial charge in [0.2, 0.25) is 0 Å². The molecule has 1 rings (SSSR count). The molecule has 1 unspecified atom stereocenters. The minimum absolute atomic E-state index is 0.183. The van der Waals surface area contributed by atoms with Crippen molar-refractivity contribution in [3.63, 3.8) is 0 Å². The van der Waals surface area contributed by atoms with Crippen LogP contribution in [0.1, 0.15) is 12.5 Å². The molecule has 0 saturated heterocycles. The predicted molar refractivity (Wildman–Crippen MR) is 62.2 cm³/mol. The van der Waals surface area contributed by atoms with Crippen LogP contribution in [0.15, 0.2) is 18.3 Å². The van der Waals surface area contributed by atoms with Crippen LogP contribution >= 0.6 is 0 Å². The molecular weight excluding hydrogens is 222 g/mol. The van der Waals surface area contributed by atoms with E-state index in [9.17, 15) is 9.59 Å². The number of anilines is 1. The lowest BCUT2D eigenvalue weighted by molar-refractivity contribution is -0.146. The van der Waals surface area contributed by atoms with E-state index in [0.717, 1.165) is 5.56 Å². The molecule has 0 aliphatic carbocycles. The number of hydrogen-bond acceptors (Lipinski definition) is 5. The zero-order valence-electron chi connectivity index (χ0n) is 9.77. The monoisotopic (exact) mass is 237 g/mol. The quantitative estimate of drug-likeness (QED) is 0.577. The van der Waals surface area contributed by atoms with Crippen LogP contribution < -0.4 is 11.1 Å². The Kier molecular flexibility index (Phi) is 4.59. The van der Waals surface area contributed by atoms with E-state index in [1.807, 2.05) is 0 Å². The van der Waals surface area contributed by atoms with E-state index in [-0.39, 0.29) is 6.61 Å². The Morgan fingerprint density at radius 2 is 2.29 bits per heavy atom. The molecule has 1 amide bonds. The third-order valence-electron chi connectivity index (χ3n) is 2.07. The van der Waals surface area contributed by atoms with Gasteiger partial charge in [-0.25, -0.2) is 9.78 Å². The number of pyridine rings is 1. The number of nitrogens with two attached hydrogens (primary N) is 1. The first-order valence-electron chi connectivity index (χ1n) is 5.21. The van der Waals surface area contributed by atoms with Crippen LogP contribution in [-0.4, -0.2) is 29.5 Å². The minimum Gasteiger partial charge on any atom is -0.464 e. The number of carbonyl (C=O) groups is 2. The standard InChI is InChI=1S/C11H15N3O3/c1-3-17-11(16)8(12)10(15)14-9-7(2)5-4-6-13-9/h4-6,8H,3,12H2,1-2H3,(H,13,14,15). The Morgan fingerprint density at radius 3 is 2.88 bits per heavy atom. The molecule has 1 aromatic heterocycles. The molecule has 1 heterocycles. The molecule has 92 valence electrons. The molecule has 0 fully saturated rings. The lowest BCUT2D eigenvalue weighted by atomic mass is 10.2. The highest BCUT2D eigenvalue weighted by atomic mass is 16.5. The maximum Gasteiger partial charge on any atom is 0.332 e. The van der Waals surface area contributed by atoms with Gasteiger partial charge in [0.05, 0.1) is 6.61 Å². The van der Waals surface area contributed by atoms with Gasteiger partial charge in [0.25, 0.3) is 5.91 Å². The molecule has 0 bridgehead atoms. The van der Waals surface area contributed by atoms with Crippen LogP contribution in [0.25, 0.3) is 0 Å². The summed E-state index contributed by atoms with van der Waals surface area (Å²) in [5.74, 6) is -0.999. The van der Waals surface area contributed by atoms with Gasteiger partial charge in [-0.2, -0.15) is 0 Å². The SMILES string of the molecule is CCOC(=O)C(N)C(=O)Nc1ncccc1C. The van der Waals surface area contributed by atoms with Crippen LogP contribution in [-0.2, 0) is 14.3 Å². The molecule has 1 atom stereocenters. The van der Waals surface area contributed by atoms with Crippen molar-refractivity contribution in [1.29, 1.82) is 0 Å². The van der Waals surface area contributed by atoms with Crippen LogP contribution in [0.5, 0.6) is 0 Å². The molecule has 0 aliphatic heterocycles. The number of esters is 1. The summed E-state index contributed by atoms with van der Waals surface area (Å²) in [7, 11) is 0. The van der Waals surface area contributed by atoms with E-state index in [1.54, 1.807) is 32.2 Å². The predicted octanol–water partition coefficient (Wildman–Crippen LogP) is 0.219. The fraction of sp³-hybridized carbons (Fsp3) is 0.364. The molecule has 17 heavy (non-hydrogen) atoms. The van der Waals surface area contributed by atoms with Crippen molar-refractivity contribution in [2.75, 3.05) is 11.9 Å². The lowest BCUT2D eigenvalue weighted by Crippen LogP contribution is -2.43. The number of ether oxygens (including phenoxy) is 1. The largest absolute Gasteiger partial charge is 0.464 e. The number of aryl methyl sites for hydroxylation is 1. The third-order valence-corrected chi connectivity index (χ3v) is 2.07. The van der Waals surface area contributed by atoms with Gasteiger partial charge in [-0.05, 0) is 25.5 Å². The van der Waals surface area contributed by atoms with E-state index >= 15 is 0 Å². The Labute approximate surface area is 99.2 Å². The second-order valence-electron chi connectivity index (χ2n) is 3.39. The summed E-state index contributed by atoms with van der Waals surface area (Å²) in [4.78, 5) is 26.8. The first kappa shape index (κ1) is 13.1. The topological polar surface area (TPSA) is 94.3 Å². The third kappa shape index (κ3) is 3.53. The van der Waals surface area contributed by atoms with Gasteiger partial charge < -0.3 is 15.8 Å². The van der Waals surface area contributed by atoms with E-state index in [1.165, 1.54) is 0 Å². The maximum absolute atomic E-state index is 11.6. The van der Waals surface area contributed by atoms with E-state index < -0.39 is 17.9 Å². The summed E-state index contributed by atoms with van der Waals surface area (Å²) in [5.41, 5.74) is 6.22. The molecule has 0 spiro atoms. The molecule has 6 nitrogen and oxygen atoms in total. The van der Waals surface area contributed by atoms with Gasteiger partial charge >= 0.3 is 5.97 Å². The van der Waals surface area contributed by atoms with Gasteiger partial charge in [0, 0.05) is 6.20 Å². The van der Waals surface area contributed by atoms with Crippen molar-refractivity contribution in [2.24, 2.45) is 5.73 Å². The zero-order valence-corrected chi connectivity index (χ0v) is 9.77. The normalized spacial score (nSPS) is 11.7. The average molecular weight is 237 g/mol. The average Bonchev–Trinajstić information content (AvgIpc) is 2.31. The fourth-order valence-electron chi connectivity index (χ4n) is 1.15.